The number of methoxy groups -OCH3 is 2. The lowest BCUT2D eigenvalue weighted by Gasteiger charge is -2.11. The molecule has 0 aromatic heterocycles. The summed E-state index contributed by atoms with van der Waals surface area (Å²) in [5.74, 6) is 1.91. The number of carbonyl (C=O) groups excluding carboxylic acids is 1. The van der Waals surface area contributed by atoms with Crippen LogP contribution in [-0.4, -0.2) is 20.1 Å². The van der Waals surface area contributed by atoms with Crippen molar-refractivity contribution in [2.24, 2.45) is 0 Å². The Bertz CT molecular complexity index is 973. The van der Waals surface area contributed by atoms with Crippen molar-refractivity contribution in [3.05, 3.63) is 78.1 Å². The van der Waals surface area contributed by atoms with Gasteiger partial charge >= 0.3 is 0 Å². The predicted molar refractivity (Wildman–Crippen MR) is 109 cm³/mol. The molecule has 3 rings (SSSR count). The molecule has 0 heterocycles. The van der Waals surface area contributed by atoms with Gasteiger partial charge in [0.2, 0.25) is 5.91 Å². The average molecular weight is 395 g/mol. The lowest BCUT2D eigenvalue weighted by molar-refractivity contribution is -0.116. The zero-order chi connectivity index (χ0) is 20.6. The second-order valence-corrected chi connectivity index (χ2v) is 6.32. The van der Waals surface area contributed by atoms with E-state index >= 15 is 0 Å². The number of anilines is 1. The Balaban J connectivity index is 1.57. The van der Waals surface area contributed by atoms with Gasteiger partial charge in [-0.2, -0.15) is 0 Å². The third-order valence-corrected chi connectivity index (χ3v) is 4.26. The quantitative estimate of drug-likeness (QED) is 0.569. The molecule has 0 unspecified atom stereocenters. The van der Waals surface area contributed by atoms with Gasteiger partial charge in [-0.1, -0.05) is 12.1 Å². The molecule has 0 bridgehead atoms. The monoisotopic (exact) mass is 395 g/mol. The van der Waals surface area contributed by atoms with Crippen LogP contribution in [0.15, 0.2) is 66.7 Å². The molecule has 0 atom stereocenters. The zero-order valence-electron chi connectivity index (χ0n) is 16.3. The summed E-state index contributed by atoms with van der Waals surface area (Å²) in [5, 5.41) is 2.86. The molecule has 0 radical (unpaired) electrons. The molecule has 5 nitrogen and oxygen atoms in total. The minimum absolute atomic E-state index is 0.109. The first kappa shape index (κ1) is 20.2. The van der Waals surface area contributed by atoms with E-state index in [2.05, 4.69) is 5.32 Å². The molecule has 0 aliphatic heterocycles. The molecular formula is C23H22FNO4. The number of rotatable bonds is 8. The summed E-state index contributed by atoms with van der Waals surface area (Å²) in [5.41, 5.74) is 1.60. The SMILES string of the molecule is COc1ccc(NC(=O)CCc2cccc(Oc3ccc(F)cc3)c2)cc1OC. The highest BCUT2D eigenvalue weighted by molar-refractivity contribution is 5.91. The van der Waals surface area contributed by atoms with E-state index < -0.39 is 0 Å². The minimum atomic E-state index is -0.313. The van der Waals surface area contributed by atoms with Crippen LogP contribution >= 0.6 is 0 Å². The van der Waals surface area contributed by atoms with E-state index in [9.17, 15) is 9.18 Å². The minimum Gasteiger partial charge on any atom is -0.493 e. The van der Waals surface area contributed by atoms with E-state index in [-0.39, 0.29) is 11.7 Å². The molecule has 0 fully saturated rings. The van der Waals surface area contributed by atoms with Crippen LogP contribution in [0, 0.1) is 5.82 Å². The molecule has 29 heavy (non-hydrogen) atoms. The Hall–Kier alpha value is -3.54. The smallest absolute Gasteiger partial charge is 0.224 e. The molecular weight excluding hydrogens is 373 g/mol. The first-order valence-corrected chi connectivity index (χ1v) is 9.11. The number of nitrogens with one attached hydrogen (secondary N) is 1. The highest BCUT2D eigenvalue weighted by Gasteiger charge is 2.08. The molecule has 3 aromatic carbocycles. The van der Waals surface area contributed by atoms with Gasteiger partial charge in [-0.05, 0) is 60.5 Å². The van der Waals surface area contributed by atoms with Gasteiger partial charge in [0.15, 0.2) is 11.5 Å². The standard InChI is InChI=1S/C23H22FNO4/c1-27-21-12-9-18(15-22(21)28-2)25-23(26)13-6-16-4-3-5-20(14-16)29-19-10-7-17(24)8-11-19/h3-5,7-12,14-15H,6,13H2,1-2H3,(H,25,26). The van der Waals surface area contributed by atoms with E-state index in [4.69, 9.17) is 14.2 Å². The van der Waals surface area contributed by atoms with Gasteiger partial charge in [0.25, 0.3) is 0 Å². The van der Waals surface area contributed by atoms with Gasteiger partial charge in [0.1, 0.15) is 17.3 Å². The summed E-state index contributed by atoms with van der Waals surface area (Å²) in [6.07, 6.45) is 0.869. The van der Waals surface area contributed by atoms with E-state index in [1.807, 2.05) is 24.3 Å². The zero-order valence-corrected chi connectivity index (χ0v) is 16.3. The van der Waals surface area contributed by atoms with Crippen LogP contribution in [0.1, 0.15) is 12.0 Å². The summed E-state index contributed by atoms with van der Waals surface area (Å²) >= 11 is 0. The summed E-state index contributed by atoms with van der Waals surface area (Å²) in [7, 11) is 3.11. The third-order valence-electron chi connectivity index (χ3n) is 4.26. The summed E-state index contributed by atoms with van der Waals surface area (Å²) < 4.78 is 29.2. The Morgan fingerprint density at radius 2 is 1.66 bits per heavy atom. The van der Waals surface area contributed by atoms with Gasteiger partial charge in [-0.15, -0.1) is 0 Å². The second kappa shape index (κ2) is 9.59. The van der Waals surface area contributed by atoms with Crippen molar-refractivity contribution in [1.29, 1.82) is 0 Å². The lowest BCUT2D eigenvalue weighted by Crippen LogP contribution is -2.12. The molecule has 0 spiro atoms. The van der Waals surface area contributed by atoms with Crippen molar-refractivity contribution < 1.29 is 23.4 Å². The average Bonchev–Trinajstić information content (AvgIpc) is 2.74. The first-order chi connectivity index (χ1) is 14.1. The van der Waals surface area contributed by atoms with Crippen LogP contribution in [0.5, 0.6) is 23.0 Å². The number of hydrogen-bond acceptors (Lipinski definition) is 4. The van der Waals surface area contributed by atoms with E-state index in [0.29, 0.717) is 41.5 Å². The molecule has 0 saturated heterocycles. The number of ether oxygens (including phenoxy) is 3. The third kappa shape index (κ3) is 5.72. The molecule has 1 N–H and O–H groups in total. The number of amides is 1. The summed E-state index contributed by atoms with van der Waals surface area (Å²) in [6, 6.07) is 18.5. The van der Waals surface area contributed by atoms with Gasteiger partial charge in [0.05, 0.1) is 14.2 Å². The van der Waals surface area contributed by atoms with Crippen LogP contribution < -0.4 is 19.5 Å². The van der Waals surface area contributed by atoms with E-state index in [1.165, 1.54) is 12.1 Å². The molecule has 0 aliphatic rings. The molecule has 6 heteroatoms. The largest absolute Gasteiger partial charge is 0.493 e. The molecule has 150 valence electrons. The Kier molecular flexibility index (Phi) is 6.68. The maximum atomic E-state index is 13.0. The normalized spacial score (nSPS) is 10.3. The van der Waals surface area contributed by atoms with Crippen LogP contribution in [0.25, 0.3) is 0 Å². The predicted octanol–water partition coefficient (Wildman–Crippen LogP) is 5.21. The van der Waals surface area contributed by atoms with Gasteiger partial charge in [-0.3, -0.25) is 4.79 Å². The molecule has 0 aliphatic carbocycles. The van der Waals surface area contributed by atoms with Crippen molar-refractivity contribution in [3.63, 3.8) is 0 Å². The van der Waals surface area contributed by atoms with Crippen molar-refractivity contribution in [2.45, 2.75) is 12.8 Å². The van der Waals surface area contributed by atoms with E-state index in [1.54, 1.807) is 44.6 Å². The lowest BCUT2D eigenvalue weighted by atomic mass is 10.1. The fraction of sp³-hybridized carbons (Fsp3) is 0.174. The van der Waals surface area contributed by atoms with Crippen LogP contribution in [-0.2, 0) is 11.2 Å². The number of carbonyl (C=O) groups is 1. The maximum absolute atomic E-state index is 13.0. The summed E-state index contributed by atoms with van der Waals surface area (Å²) in [6.45, 7) is 0. The highest BCUT2D eigenvalue weighted by Crippen LogP contribution is 2.30. The number of halogens is 1. The highest BCUT2D eigenvalue weighted by atomic mass is 19.1. The second-order valence-electron chi connectivity index (χ2n) is 6.32. The van der Waals surface area contributed by atoms with Crippen molar-refractivity contribution in [2.75, 3.05) is 19.5 Å². The molecule has 3 aromatic rings. The number of aryl methyl sites for hydroxylation is 1. The first-order valence-electron chi connectivity index (χ1n) is 9.11. The van der Waals surface area contributed by atoms with Crippen molar-refractivity contribution in [1.82, 2.24) is 0 Å². The van der Waals surface area contributed by atoms with Crippen molar-refractivity contribution in [3.8, 4) is 23.0 Å². The van der Waals surface area contributed by atoms with Crippen molar-refractivity contribution >= 4 is 11.6 Å². The van der Waals surface area contributed by atoms with Gasteiger partial charge < -0.3 is 19.5 Å². The number of hydrogen-bond donors (Lipinski definition) is 1. The van der Waals surface area contributed by atoms with Gasteiger partial charge in [-0.25, -0.2) is 4.39 Å². The molecule has 0 saturated carbocycles. The maximum Gasteiger partial charge on any atom is 0.224 e. The Morgan fingerprint density at radius 1 is 0.897 bits per heavy atom. The molecule has 1 amide bonds. The topological polar surface area (TPSA) is 56.8 Å². The Labute approximate surface area is 169 Å². The van der Waals surface area contributed by atoms with E-state index in [0.717, 1.165) is 5.56 Å². The van der Waals surface area contributed by atoms with Gasteiger partial charge in [0, 0.05) is 18.2 Å². The van der Waals surface area contributed by atoms with Crippen LogP contribution in [0.4, 0.5) is 10.1 Å². The van der Waals surface area contributed by atoms with Crippen LogP contribution in [0.3, 0.4) is 0 Å². The fourth-order valence-corrected chi connectivity index (χ4v) is 2.80. The summed E-state index contributed by atoms with van der Waals surface area (Å²) in [4.78, 5) is 12.3. The fourth-order valence-electron chi connectivity index (χ4n) is 2.80. The Morgan fingerprint density at radius 3 is 2.38 bits per heavy atom. The van der Waals surface area contributed by atoms with Crippen LogP contribution in [0.2, 0.25) is 0 Å². The number of benzene rings is 3.